The Hall–Kier alpha value is -1.09. The minimum absolute atomic E-state index is 0.643. The van der Waals surface area contributed by atoms with Crippen LogP contribution in [0.1, 0.15) is 12.5 Å². The molecule has 1 aliphatic rings. The molecule has 14 heavy (non-hydrogen) atoms. The van der Waals surface area contributed by atoms with Gasteiger partial charge >= 0.3 is 0 Å². The fraction of sp³-hybridized carbons (Fsp3) is 0.545. The van der Waals surface area contributed by atoms with Gasteiger partial charge in [-0.15, -0.1) is 0 Å². The summed E-state index contributed by atoms with van der Waals surface area (Å²) in [6, 6.07) is 0. The van der Waals surface area contributed by atoms with Crippen molar-refractivity contribution in [1.82, 2.24) is 14.7 Å². The third-order valence-corrected chi connectivity index (χ3v) is 2.60. The topological polar surface area (TPSA) is 21.1 Å². The molecule has 0 N–H and O–H groups in total. The van der Waals surface area contributed by atoms with Crippen LogP contribution in [0.3, 0.4) is 0 Å². The molecule has 1 unspecified atom stereocenters. The third kappa shape index (κ3) is 1.87. The van der Waals surface area contributed by atoms with Gasteiger partial charge in [0, 0.05) is 31.9 Å². The standard InChI is InChI=1S/C11H17N3/c1-9-4-10(7-13(2)6-9)11-5-12-14(3)8-11/h4-5,8-9H,6-7H2,1-3H3. The van der Waals surface area contributed by atoms with Crippen molar-refractivity contribution in [3.63, 3.8) is 0 Å². The first-order valence-electron chi connectivity index (χ1n) is 5.03. The van der Waals surface area contributed by atoms with E-state index in [0.717, 1.165) is 13.1 Å². The molecule has 1 aromatic rings. The Bertz CT molecular complexity index is 351. The fourth-order valence-corrected chi connectivity index (χ4v) is 2.07. The number of hydrogen-bond donors (Lipinski definition) is 0. The summed E-state index contributed by atoms with van der Waals surface area (Å²) in [5.74, 6) is 0.643. The van der Waals surface area contributed by atoms with Crippen LogP contribution in [0.15, 0.2) is 18.5 Å². The maximum absolute atomic E-state index is 4.20. The van der Waals surface area contributed by atoms with E-state index in [-0.39, 0.29) is 0 Å². The number of nitrogens with zero attached hydrogens (tertiary/aromatic N) is 3. The summed E-state index contributed by atoms with van der Waals surface area (Å²) in [6.07, 6.45) is 6.38. The van der Waals surface area contributed by atoms with Crippen molar-refractivity contribution in [3.05, 3.63) is 24.0 Å². The Morgan fingerprint density at radius 1 is 1.43 bits per heavy atom. The summed E-state index contributed by atoms with van der Waals surface area (Å²) in [4.78, 5) is 2.35. The normalized spacial score (nSPS) is 23.6. The Morgan fingerprint density at radius 2 is 2.21 bits per heavy atom. The smallest absolute Gasteiger partial charge is 0.0565 e. The monoisotopic (exact) mass is 191 g/mol. The van der Waals surface area contributed by atoms with E-state index in [1.165, 1.54) is 11.1 Å². The zero-order valence-corrected chi connectivity index (χ0v) is 9.07. The Kier molecular flexibility index (Phi) is 2.42. The molecule has 1 aromatic heterocycles. The fourth-order valence-electron chi connectivity index (χ4n) is 2.07. The van der Waals surface area contributed by atoms with Crippen LogP contribution in [0.2, 0.25) is 0 Å². The molecule has 0 saturated carbocycles. The highest BCUT2D eigenvalue weighted by Gasteiger charge is 2.15. The molecular weight excluding hydrogens is 174 g/mol. The van der Waals surface area contributed by atoms with Gasteiger partial charge in [0.15, 0.2) is 0 Å². The number of aromatic nitrogens is 2. The Balaban J connectivity index is 2.25. The minimum atomic E-state index is 0.643. The highest BCUT2D eigenvalue weighted by Crippen LogP contribution is 2.21. The average Bonchev–Trinajstić information content (AvgIpc) is 2.50. The van der Waals surface area contributed by atoms with Gasteiger partial charge in [0.2, 0.25) is 0 Å². The van der Waals surface area contributed by atoms with Crippen molar-refractivity contribution < 1.29 is 0 Å². The van der Waals surface area contributed by atoms with Crippen molar-refractivity contribution in [2.45, 2.75) is 6.92 Å². The van der Waals surface area contributed by atoms with Gasteiger partial charge in [-0.1, -0.05) is 13.0 Å². The van der Waals surface area contributed by atoms with Crippen LogP contribution < -0.4 is 0 Å². The second-order valence-electron chi connectivity index (χ2n) is 4.27. The van der Waals surface area contributed by atoms with Crippen molar-refractivity contribution in [2.75, 3.05) is 20.1 Å². The Morgan fingerprint density at radius 3 is 2.79 bits per heavy atom. The van der Waals surface area contributed by atoms with Gasteiger partial charge < -0.3 is 4.90 Å². The molecule has 2 heterocycles. The van der Waals surface area contributed by atoms with Gasteiger partial charge in [0.25, 0.3) is 0 Å². The predicted octanol–water partition coefficient (Wildman–Crippen LogP) is 1.39. The highest BCUT2D eigenvalue weighted by atomic mass is 15.2. The van der Waals surface area contributed by atoms with Crippen LogP contribution in [0.25, 0.3) is 5.57 Å². The highest BCUT2D eigenvalue weighted by molar-refractivity contribution is 5.66. The minimum Gasteiger partial charge on any atom is -0.302 e. The number of rotatable bonds is 1. The molecule has 0 saturated heterocycles. The second kappa shape index (κ2) is 3.58. The van der Waals surface area contributed by atoms with Crippen LogP contribution >= 0.6 is 0 Å². The maximum atomic E-state index is 4.20. The first-order valence-corrected chi connectivity index (χ1v) is 5.03. The summed E-state index contributed by atoms with van der Waals surface area (Å²) < 4.78 is 1.86. The van der Waals surface area contributed by atoms with Crippen molar-refractivity contribution in [3.8, 4) is 0 Å². The van der Waals surface area contributed by atoms with Crippen LogP contribution in [-0.4, -0.2) is 34.8 Å². The van der Waals surface area contributed by atoms with E-state index in [1.807, 2.05) is 17.9 Å². The largest absolute Gasteiger partial charge is 0.302 e. The van der Waals surface area contributed by atoms with E-state index in [9.17, 15) is 0 Å². The first-order chi connectivity index (χ1) is 6.65. The summed E-state index contributed by atoms with van der Waals surface area (Å²) >= 11 is 0. The molecule has 0 fully saturated rings. The van der Waals surface area contributed by atoms with Crippen molar-refractivity contribution in [1.29, 1.82) is 0 Å². The quantitative estimate of drug-likeness (QED) is 0.668. The summed E-state index contributed by atoms with van der Waals surface area (Å²) in [5, 5.41) is 4.20. The lowest BCUT2D eigenvalue weighted by Crippen LogP contribution is -2.29. The van der Waals surface area contributed by atoms with E-state index >= 15 is 0 Å². The van der Waals surface area contributed by atoms with Gasteiger partial charge in [0.05, 0.1) is 6.20 Å². The first kappa shape index (κ1) is 9.46. The van der Waals surface area contributed by atoms with E-state index < -0.39 is 0 Å². The van der Waals surface area contributed by atoms with Gasteiger partial charge in [0.1, 0.15) is 0 Å². The van der Waals surface area contributed by atoms with Crippen LogP contribution in [-0.2, 0) is 7.05 Å². The number of aryl methyl sites for hydroxylation is 1. The van der Waals surface area contributed by atoms with Crippen molar-refractivity contribution in [2.24, 2.45) is 13.0 Å². The number of hydrogen-bond acceptors (Lipinski definition) is 2. The lowest BCUT2D eigenvalue weighted by atomic mass is 9.98. The third-order valence-electron chi connectivity index (χ3n) is 2.60. The molecule has 3 nitrogen and oxygen atoms in total. The predicted molar refractivity (Wildman–Crippen MR) is 57.8 cm³/mol. The molecular formula is C11H17N3. The van der Waals surface area contributed by atoms with Gasteiger partial charge in [-0.05, 0) is 18.5 Å². The van der Waals surface area contributed by atoms with E-state index in [1.54, 1.807) is 0 Å². The molecule has 0 bridgehead atoms. The summed E-state index contributed by atoms with van der Waals surface area (Å²) in [7, 11) is 4.12. The van der Waals surface area contributed by atoms with Crippen LogP contribution in [0.5, 0.6) is 0 Å². The molecule has 1 aliphatic heterocycles. The maximum Gasteiger partial charge on any atom is 0.0565 e. The van der Waals surface area contributed by atoms with Gasteiger partial charge in [-0.25, -0.2) is 0 Å². The zero-order chi connectivity index (χ0) is 10.1. The lowest BCUT2D eigenvalue weighted by Gasteiger charge is -2.26. The molecule has 0 radical (unpaired) electrons. The average molecular weight is 191 g/mol. The lowest BCUT2D eigenvalue weighted by molar-refractivity contribution is 0.329. The zero-order valence-electron chi connectivity index (χ0n) is 9.07. The molecule has 1 atom stereocenters. The molecule has 0 spiro atoms. The van der Waals surface area contributed by atoms with E-state index in [2.05, 4.69) is 36.2 Å². The summed E-state index contributed by atoms with van der Waals surface area (Å²) in [5.41, 5.74) is 2.66. The molecule has 0 aliphatic carbocycles. The van der Waals surface area contributed by atoms with E-state index in [4.69, 9.17) is 0 Å². The molecule has 0 amide bonds. The van der Waals surface area contributed by atoms with Crippen LogP contribution in [0.4, 0.5) is 0 Å². The van der Waals surface area contributed by atoms with Gasteiger partial charge in [-0.3, -0.25) is 4.68 Å². The Labute approximate surface area is 85.0 Å². The van der Waals surface area contributed by atoms with Gasteiger partial charge in [-0.2, -0.15) is 5.10 Å². The number of likely N-dealkylation sites (N-methyl/N-ethyl adjacent to an activating group) is 1. The molecule has 3 heteroatoms. The molecule has 2 rings (SSSR count). The van der Waals surface area contributed by atoms with Crippen molar-refractivity contribution >= 4 is 5.57 Å². The van der Waals surface area contributed by atoms with Crippen LogP contribution in [0, 0.1) is 5.92 Å². The molecule has 76 valence electrons. The second-order valence-corrected chi connectivity index (χ2v) is 4.27. The SMILES string of the molecule is CC1C=C(c2cnn(C)c2)CN(C)C1. The van der Waals surface area contributed by atoms with E-state index in [0.29, 0.717) is 5.92 Å². The molecule has 0 aromatic carbocycles. The summed E-state index contributed by atoms with van der Waals surface area (Å²) in [6.45, 7) is 4.45.